The number of amides is 2. The molecule has 4 N–H and O–H groups in total. The monoisotopic (exact) mass is 628 g/mol. The number of esters is 1. The first-order valence-corrected chi connectivity index (χ1v) is 14.3. The minimum Gasteiger partial charge on any atom is -0.507 e. The number of hydrogen-bond donors (Lipinski definition) is 4. The molecule has 12 heteroatoms. The second-order valence-electron chi connectivity index (χ2n) is 10.1. The van der Waals surface area contributed by atoms with Gasteiger partial charge in [-0.15, -0.1) is 0 Å². The second kappa shape index (κ2) is 15.2. The van der Waals surface area contributed by atoms with E-state index in [9.17, 15) is 39.3 Å². The van der Waals surface area contributed by atoms with Crippen molar-refractivity contribution in [1.82, 2.24) is 5.32 Å². The number of para-hydroxylation sites is 1. The number of aliphatic carboxylic acids is 1. The first-order valence-electron chi connectivity index (χ1n) is 14.3. The van der Waals surface area contributed by atoms with Gasteiger partial charge in [0, 0.05) is 18.4 Å². The van der Waals surface area contributed by atoms with E-state index in [2.05, 4.69) is 10.1 Å². The Morgan fingerprint density at radius 3 is 2.24 bits per heavy atom. The number of carbonyl (C=O) groups is 5. The Morgan fingerprint density at radius 1 is 0.804 bits per heavy atom. The van der Waals surface area contributed by atoms with Gasteiger partial charge in [-0.3, -0.25) is 14.5 Å². The van der Waals surface area contributed by atoms with Crippen molar-refractivity contribution in [3.05, 3.63) is 95.6 Å². The lowest BCUT2D eigenvalue weighted by Crippen LogP contribution is -2.33. The van der Waals surface area contributed by atoms with Gasteiger partial charge in [-0.2, -0.15) is 0 Å². The van der Waals surface area contributed by atoms with Gasteiger partial charge in [-0.05, 0) is 60.5 Å². The molecule has 2 amide bonds. The van der Waals surface area contributed by atoms with Crippen LogP contribution in [-0.4, -0.2) is 65.3 Å². The topological polar surface area (TPSA) is 180 Å². The normalized spacial score (nSPS) is 10.6. The number of carboxylic acids is 2. The quantitative estimate of drug-likeness (QED) is 0.0922. The van der Waals surface area contributed by atoms with E-state index in [0.29, 0.717) is 36.6 Å². The maximum absolute atomic E-state index is 12.9. The standard InChI is InChI=1S/C34H32N2O10/c1-45-34(44)30-27(37)13-8-14-28(30)46-20-7-6-19-35-29(38)18-16-21-15-17-26(23-10-3-2-9-22(21)23)36(31(39)33(42)43)25-12-5-4-11-24(25)32(40)41/h2-5,8-15,17,37H,6-7,16,18-20H2,1H3,(H,35,38)(H,40,41)(H,42,43). The van der Waals surface area contributed by atoms with Gasteiger partial charge >= 0.3 is 23.8 Å². The second-order valence-corrected chi connectivity index (χ2v) is 10.1. The Kier molecular flexibility index (Phi) is 10.9. The summed E-state index contributed by atoms with van der Waals surface area (Å²) >= 11 is 0. The lowest BCUT2D eigenvalue weighted by atomic mass is 9.98. The molecule has 238 valence electrons. The van der Waals surface area contributed by atoms with Crippen LogP contribution in [0.15, 0.2) is 78.9 Å². The van der Waals surface area contributed by atoms with Crippen LogP contribution in [0.25, 0.3) is 10.8 Å². The van der Waals surface area contributed by atoms with E-state index < -0.39 is 23.8 Å². The molecule has 0 saturated carbocycles. The predicted octanol–water partition coefficient (Wildman–Crippen LogP) is 4.69. The maximum Gasteiger partial charge on any atom is 0.395 e. The summed E-state index contributed by atoms with van der Waals surface area (Å²) in [7, 11) is 1.21. The fourth-order valence-electron chi connectivity index (χ4n) is 4.97. The van der Waals surface area contributed by atoms with Gasteiger partial charge in [0.2, 0.25) is 5.91 Å². The van der Waals surface area contributed by atoms with Crippen molar-refractivity contribution in [2.75, 3.05) is 25.2 Å². The smallest absolute Gasteiger partial charge is 0.395 e. The third-order valence-electron chi connectivity index (χ3n) is 7.16. The number of rotatable bonds is 13. The lowest BCUT2D eigenvalue weighted by Gasteiger charge is -2.25. The summed E-state index contributed by atoms with van der Waals surface area (Å²) in [4.78, 5) is 62.1. The van der Waals surface area contributed by atoms with Crippen LogP contribution in [0.5, 0.6) is 11.5 Å². The summed E-state index contributed by atoms with van der Waals surface area (Å²) in [5.41, 5.74) is 0.598. The number of anilines is 2. The molecule has 4 rings (SSSR count). The molecule has 0 radical (unpaired) electrons. The van der Waals surface area contributed by atoms with Gasteiger partial charge in [-0.25, -0.2) is 14.4 Å². The Morgan fingerprint density at radius 2 is 1.52 bits per heavy atom. The molecule has 0 atom stereocenters. The van der Waals surface area contributed by atoms with Crippen LogP contribution in [0.3, 0.4) is 0 Å². The molecule has 0 heterocycles. The summed E-state index contributed by atoms with van der Waals surface area (Å²) in [5, 5.41) is 33.3. The number of benzene rings is 4. The zero-order chi connectivity index (χ0) is 33.2. The number of aromatic carboxylic acids is 1. The molecule has 0 aromatic heterocycles. The van der Waals surface area contributed by atoms with Crippen molar-refractivity contribution in [2.45, 2.75) is 25.7 Å². The molecule has 4 aromatic carbocycles. The number of fused-ring (bicyclic) bond motifs is 1. The average molecular weight is 629 g/mol. The van der Waals surface area contributed by atoms with E-state index in [0.717, 1.165) is 10.5 Å². The molecule has 0 spiro atoms. The van der Waals surface area contributed by atoms with Crippen LogP contribution < -0.4 is 15.0 Å². The van der Waals surface area contributed by atoms with Gasteiger partial charge in [0.15, 0.2) is 0 Å². The van der Waals surface area contributed by atoms with Crippen LogP contribution in [0.4, 0.5) is 11.4 Å². The number of nitrogens with zero attached hydrogens (tertiary/aromatic N) is 1. The zero-order valence-electron chi connectivity index (χ0n) is 24.9. The highest BCUT2D eigenvalue weighted by molar-refractivity contribution is 6.40. The van der Waals surface area contributed by atoms with Gasteiger partial charge in [0.25, 0.3) is 0 Å². The van der Waals surface area contributed by atoms with Crippen molar-refractivity contribution >= 4 is 51.9 Å². The SMILES string of the molecule is COC(=O)c1c(O)cccc1OCCCCNC(=O)CCc1ccc(N(C(=O)C(=O)O)c2ccccc2C(=O)O)c2ccccc12. The predicted molar refractivity (Wildman–Crippen MR) is 168 cm³/mol. The molecular weight excluding hydrogens is 596 g/mol. The minimum absolute atomic E-state index is 0.0508. The first-order chi connectivity index (χ1) is 22.1. The van der Waals surface area contributed by atoms with Crippen molar-refractivity contribution in [1.29, 1.82) is 0 Å². The Hall–Kier alpha value is -5.91. The fraction of sp³-hybridized carbons (Fsp3) is 0.206. The number of methoxy groups -OCH3 is 1. The van der Waals surface area contributed by atoms with E-state index in [1.54, 1.807) is 48.5 Å². The molecule has 0 saturated heterocycles. The van der Waals surface area contributed by atoms with Crippen LogP contribution >= 0.6 is 0 Å². The van der Waals surface area contributed by atoms with Gasteiger partial charge < -0.3 is 30.1 Å². The summed E-state index contributed by atoms with van der Waals surface area (Å²) in [6.45, 7) is 0.640. The van der Waals surface area contributed by atoms with Crippen molar-refractivity contribution in [2.24, 2.45) is 0 Å². The van der Waals surface area contributed by atoms with E-state index in [1.165, 1.54) is 37.4 Å². The fourth-order valence-corrected chi connectivity index (χ4v) is 4.97. The first kappa shape index (κ1) is 33.0. The van der Waals surface area contributed by atoms with Gasteiger partial charge in [0.1, 0.15) is 17.1 Å². The van der Waals surface area contributed by atoms with E-state index >= 15 is 0 Å². The molecule has 46 heavy (non-hydrogen) atoms. The number of nitrogens with one attached hydrogen (secondary N) is 1. The highest BCUT2D eigenvalue weighted by Crippen LogP contribution is 2.36. The van der Waals surface area contributed by atoms with E-state index in [4.69, 9.17) is 4.74 Å². The van der Waals surface area contributed by atoms with Crippen LogP contribution in [0.1, 0.15) is 45.5 Å². The number of carboxylic acid groups (broad SMARTS) is 2. The summed E-state index contributed by atoms with van der Waals surface area (Å²) < 4.78 is 10.3. The summed E-state index contributed by atoms with van der Waals surface area (Å²) in [6.07, 6.45) is 1.67. The molecule has 0 aliphatic carbocycles. The molecular formula is C34H32N2O10. The molecule has 0 fully saturated rings. The Labute approximate surface area is 263 Å². The van der Waals surface area contributed by atoms with Crippen molar-refractivity contribution in [3.63, 3.8) is 0 Å². The number of phenolic OH excluding ortho intramolecular Hbond substituents is 1. The number of phenols is 1. The third-order valence-corrected chi connectivity index (χ3v) is 7.16. The number of carbonyl (C=O) groups excluding carboxylic acids is 3. The number of unbranched alkanes of at least 4 members (excludes halogenated alkanes) is 1. The van der Waals surface area contributed by atoms with Gasteiger partial charge in [0.05, 0.1) is 30.7 Å². The van der Waals surface area contributed by atoms with Crippen LogP contribution in [0, 0.1) is 0 Å². The Bertz CT molecular complexity index is 1790. The number of ether oxygens (including phenoxy) is 2. The molecule has 4 aromatic rings. The number of aromatic hydroxyl groups is 1. The van der Waals surface area contributed by atoms with Crippen molar-refractivity contribution in [3.8, 4) is 11.5 Å². The molecule has 0 aliphatic rings. The van der Waals surface area contributed by atoms with Crippen molar-refractivity contribution < 1.29 is 48.8 Å². The zero-order valence-corrected chi connectivity index (χ0v) is 24.9. The molecule has 0 bridgehead atoms. The molecule has 12 nitrogen and oxygen atoms in total. The minimum atomic E-state index is -1.75. The maximum atomic E-state index is 12.9. The molecule has 0 aliphatic heterocycles. The largest absolute Gasteiger partial charge is 0.507 e. The highest BCUT2D eigenvalue weighted by atomic mass is 16.5. The molecule has 0 unspecified atom stereocenters. The van der Waals surface area contributed by atoms with E-state index in [-0.39, 0.29) is 52.9 Å². The summed E-state index contributed by atoms with van der Waals surface area (Å²) in [6, 6.07) is 20.4. The number of hydrogen-bond acceptors (Lipinski definition) is 8. The lowest BCUT2D eigenvalue weighted by molar-refractivity contribution is -0.148. The number of aryl methyl sites for hydroxylation is 1. The third kappa shape index (κ3) is 7.59. The van der Waals surface area contributed by atoms with Crippen LogP contribution in [0.2, 0.25) is 0 Å². The van der Waals surface area contributed by atoms with Crippen LogP contribution in [-0.2, 0) is 25.5 Å². The highest BCUT2D eigenvalue weighted by Gasteiger charge is 2.29. The van der Waals surface area contributed by atoms with Gasteiger partial charge in [-0.1, -0.05) is 48.5 Å². The summed E-state index contributed by atoms with van der Waals surface area (Å²) in [5.74, 6) is -5.32. The average Bonchev–Trinajstić information content (AvgIpc) is 3.05. The van der Waals surface area contributed by atoms with E-state index in [1.807, 2.05) is 0 Å². The Balaban J connectivity index is 1.40.